The van der Waals surface area contributed by atoms with Crippen LogP contribution in [0.15, 0.2) is 41.5 Å². The molecule has 0 aromatic heterocycles. The molecule has 0 aliphatic heterocycles. The Bertz CT molecular complexity index is 1020. The van der Waals surface area contributed by atoms with Crippen LogP contribution in [0.3, 0.4) is 0 Å². The van der Waals surface area contributed by atoms with E-state index in [2.05, 4.69) is 15.8 Å². The largest absolute Gasteiger partial charge is 0.493 e. The zero-order valence-electron chi connectivity index (χ0n) is 17.7. The summed E-state index contributed by atoms with van der Waals surface area (Å²) in [5, 5.41) is 17.5. The molecular weight excluding hydrogens is 404 g/mol. The lowest BCUT2D eigenvalue weighted by Gasteiger charge is -2.09. The van der Waals surface area contributed by atoms with Crippen molar-refractivity contribution in [3.63, 3.8) is 0 Å². The topological polar surface area (TPSA) is 132 Å². The molecule has 0 unspecified atom stereocenters. The smallest absolute Gasteiger partial charge is 0.271 e. The van der Waals surface area contributed by atoms with Crippen molar-refractivity contribution in [2.45, 2.75) is 26.7 Å². The van der Waals surface area contributed by atoms with Crippen molar-refractivity contribution in [2.75, 3.05) is 19.5 Å². The molecule has 0 spiro atoms. The van der Waals surface area contributed by atoms with Crippen LogP contribution in [-0.4, -0.2) is 36.7 Å². The molecule has 2 N–H and O–H groups in total. The number of hydrazone groups is 1. The second-order valence-electron chi connectivity index (χ2n) is 6.73. The van der Waals surface area contributed by atoms with E-state index < -0.39 is 10.8 Å². The van der Waals surface area contributed by atoms with Crippen LogP contribution in [0, 0.1) is 17.0 Å². The SMILES string of the molecule is COc1ccc(CC(=O)N/N=C(/C)CC(=O)Nc2cc([N+](=O)[O-])ccc2C)cc1OC. The van der Waals surface area contributed by atoms with Crippen LogP contribution in [0.5, 0.6) is 11.5 Å². The van der Waals surface area contributed by atoms with E-state index >= 15 is 0 Å². The molecule has 164 valence electrons. The number of nitrogens with one attached hydrogen (secondary N) is 2. The van der Waals surface area contributed by atoms with Gasteiger partial charge in [-0.2, -0.15) is 5.10 Å². The molecule has 0 bridgehead atoms. The van der Waals surface area contributed by atoms with E-state index in [9.17, 15) is 19.7 Å². The number of ether oxygens (including phenoxy) is 2. The first-order valence-corrected chi connectivity index (χ1v) is 9.31. The number of aryl methyl sites for hydroxylation is 1. The number of rotatable bonds is 9. The van der Waals surface area contributed by atoms with Crippen molar-refractivity contribution >= 4 is 28.9 Å². The summed E-state index contributed by atoms with van der Waals surface area (Å²) in [4.78, 5) is 34.7. The van der Waals surface area contributed by atoms with E-state index in [1.165, 1.54) is 26.4 Å². The standard InChI is InChI=1S/C21H24N4O6/c1-13-5-7-16(25(28)29)12-17(13)22-20(26)9-14(2)23-24-21(27)11-15-6-8-18(30-3)19(10-15)31-4/h5-8,10,12H,9,11H2,1-4H3,(H,22,26)(H,24,27)/b23-14-. The molecule has 2 amide bonds. The van der Waals surface area contributed by atoms with E-state index in [1.54, 1.807) is 38.1 Å². The first-order chi connectivity index (χ1) is 14.7. The summed E-state index contributed by atoms with van der Waals surface area (Å²) in [6.07, 6.45) is -0.0189. The lowest BCUT2D eigenvalue weighted by atomic mass is 10.1. The Kier molecular flexibility index (Phi) is 8.07. The summed E-state index contributed by atoms with van der Waals surface area (Å²) in [5.74, 6) is 0.312. The van der Waals surface area contributed by atoms with Crippen molar-refractivity contribution in [1.82, 2.24) is 5.43 Å². The van der Waals surface area contributed by atoms with Crippen LogP contribution in [0.4, 0.5) is 11.4 Å². The van der Waals surface area contributed by atoms with Gasteiger partial charge in [-0.25, -0.2) is 5.43 Å². The van der Waals surface area contributed by atoms with E-state index in [0.717, 1.165) is 0 Å². The number of non-ortho nitro benzene ring substituents is 1. The molecule has 10 heteroatoms. The number of nitro benzene ring substituents is 1. The molecule has 0 aliphatic carbocycles. The molecule has 2 aromatic carbocycles. The van der Waals surface area contributed by atoms with Crippen molar-refractivity contribution in [3.8, 4) is 11.5 Å². The average molecular weight is 428 g/mol. The zero-order chi connectivity index (χ0) is 23.0. The fraction of sp³-hybridized carbons (Fsp3) is 0.286. The molecule has 31 heavy (non-hydrogen) atoms. The third kappa shape index (κ3) is 6.81. The number of benzene rings is 2. The van der Waals surface area contributed by atoms with Gasteiger partial charge in [0.1, 0.15) is 0 Å². The number of carbonyl (C=O) groups is 2. The maximum absolute atomic E-state index is 12.2. The first kappa shape index (κ1) is 23.3. The monoisotopic (exact) mass is 428 g/mol. The highest BCUT2D eigenvalue weighted by molar-refractivity contribution is 6.06. The normalized spacial score (nSPS) is 10.9. The lowest BCUT2D eigenvalue weighted by Crippen LogP contribution is -2.23. The highest BCUT2D eigenvalue weighted by Crippen LogP contribution is 2.27. The molecule has 0 atom stereocenters. The van der Waals surface area contributed by atoms with Crippen LogP contribution < -0.4 is 20.2 Å². The molecule has 2 aromatic rings. The summed E-state index contributed by atoms with van der Waals surface area (Å²) < 4.78 is 10.4. The number of anilines is 1. The molecular formula is C21H24N4O6. The number of amides is 2. The van der Waals surface area contributed by atoms with Gasteiger partial charge in [0, 0.05) is 17.8 Å². The van der Waals surface area contributed by atoms with Crippen LogP contribution in [0.25, 0.3) is 0 Å². The summed E-state index contributed by atoms with van der Waals surface area (Å²) in [6.45, 7) is 3.32. The molecule has 0 saturated carbocycles. The number of methoxy groups -OCH3 is 2. The van der Waals surface area contributed by atoms with Crippen LogP contribution >= 0.6 is 0 Å². The highest BCUT2D eigenvalue weighted by atomic mass is 16.6. The van der Waals surface area contributed by atoms with Gasteiger partial charge in [-0.3, -0.25) is 19.7 Å². The van der Waals surface area contributed by atoms with Crippen molar-refractivity contribution in [3.05, 3.63) is 57.6 Å². The second kappa shape index (κ2) is 10.7. The predicted molar refractivity (Wildman–Crippen MR) is 116 cm³/mol. The minimum Gasteiger partial charge on any atom is -0.493 e. The van der Waals surface area contributed by atoms with Gasteiger partial charge in [0.2, 0.25) is 11.8 Å². The third-order valence-corrected chi connectivity index (χ3v) is 4.31. The molecule has 0 saturated heterocycles. The Hall–Kier alpha value is -3.95. The van der Waals surface area contributed by atoms with E-state index in [4.69, 9.17) is 9.47 Å². The summed E-state index contributed by atoms with van der Waals surface area (Å²) in [5.41, 5.74) is 4.42. The van der Waals surface area contributed by atoms with Gasteiger partial charge in [-0.1, -0.05) is 12.1 Å². The van der Waals surface area contributed by atoms with Crippen LogP contribution in [-0.2, 0) is 16.0 Å². The Morgan fingerprint density at radius 1 is 1.06 bits per heavy atom. The Morgan fingerprint density at radius 3 is 2.42 bits per heavy atom. The summed E-state index contributed by atoms with van der Waals surface area (Å²) >= 11 is 0. The maximum Gasteiger partial charge on any atom is 0.271 e. The van der Waals surface area contributed by atoms with E-state index in [0.29, 0.717) is 34.0 Å². The maximum atomic E-state index is 12.2. The minimum atomic E-state index is -0.532. The number of hydrogen-bond acceptors (Lipinski definition) is 7. The quantitative estimate of drug-likeness (QED) is 0.358. The van der Waals surface area contributed by atoms with Gasteiger partial charge in [0.05, 0.1) is 37.7 Å². The van der Waals surface area contributed by atoms with Crippen LogP contribution in [0.1, 0.15) is 24.5 Å². The molecule has 0 heterocycles. The predicted octanol–water partition coefficient (Wildman–Crippen LogP) is 2.98. The minimum absolute atomic E-state index is 0.0657. The summed E-state index contributed by atoms with van der Waals surface area (Å²) in [7, 11) is 3.04. The van der Waals surface area contributed by atoms with Gasteiger partial charge in [-0.15, -0.1) is 0 Å². The van der Waals surface area contributed by atoms with Gasteiger partial charge < -0.3 is 14.8 Å². The van der Waals surface area contributed by atoms with Crippen molar-refractivity contribution in [1.29, 1.82) is 0 Å². The Balaban J connectivity index is 1.92. The van der Waals surface area contributed by atoms with Gasteiger partial charge in [-0.05, 0) is 37.1 Å². The molecule has 0 radical (unpaired) electrons. The second-order valence-corrected chi connectivity index (χ2v) is 6.73. The highest BCUT2D eigenvalue weighted by Gasteiger charge is 2.12. The third-order valence-electron chi connectivity index (χ3n) is 4.31. The fourth-order valence-corrected chi connectivity index (χ4v) is 2.70. The zero-order valence-corrected chi connectivity index (χ0v) is 17.7. The van der Waals surface area contributed by atoms with Crippen molar-refractivity contribution < 1.29 is 24.0 Å². The number of nitro groups is 1. The fourth-order valence-electron chi connectivity index (χ4n) is 2.70. The molecule has 10 nitrogen and oxygen atoms in total. The van der Waals surface area contributed by atoms with E-state index in [1.807, 2.05) is 0 Å². The summed E-state index contributed by atoms with van der Waals surface area (Å²) in [6, 6.07) is 9.37. The first-order valence-electron chi connectivity index (χ1n) is 9.31. The molecule has 0 aliphatic rings. The molecule has 2 rings (SSSR count). The average Bonchev–Trinajstić information content (AvgIpc) is 2.73. The lowest BCUT2D eigenvalue weighted by molar-refractivity contribution is -0.384. The number of carbonyl (C=O) groups excluding carboxylic acids is 2. The Labute approximate surface area is 179 Å². The number of nitrogens with zero attached hydrogens (tertiary/aromatic N) is 2. The number of hydrogen-bond donors (Lipinski definition) is 2. The van der Waals surface area contributed by atoms with Gasteiger partial charge in [0.15, 0.2) is 11.5 Å². The van der Waals surface area contributed by atoms with Crippen molar-refractivity contribution in [2.24, 2.45) is 5.10 Å². The van der Waals surface area contributed by atoms with Gasteiger partial charge in [0.25, 0.3) is 5.69 Å². The van der Waals surface area contributed by atoms with E-state index in [-0.39, 0.29) is 24.4 Å². The molecule has 0 fully saturated rings. The van der Waals surface area contributed by atoms with Gasteiger partial charge >= 0.3 is 0 Å². The van der Waals surface area contributed by atoms with Crippen LogP contribution in [0.2, 0.25) is 0 Å². The Morgan fingerprint density at radius 2 is 1.77 bits per heavy atom.